The van der Waals surface area contributed by atoms with Crippen LogP contribution in [0.4, 0.5) is 0 Å². The van der Waals surface area contributed by atoms with Crippen LogP contribution in [-0.2, 0) is 0 Å². The standard InChI is InChI=1S/BH3.HIO4.Na.H/c;2-1(3,4)5;;/h1H3;2H;;. The average Bonchev–Trinajstić information content (AvgIpc) is 0.722. The Kier molecular flexibility index (Phi) is 13.1. The molecule has 0 aromatic carbocycles. The second-order valence-electron chi connectivity index (χ2n) is 0.396. The maximum absolute atomic E-state index is 8.73. The van der Waals surface area contributed by atoms with Crippen LogP contribution in [-0.4, -0.2) is 41.4 Å². The van der Waals surface area contributed by atoms with Gasteiger partial charge in [-0.25, -0.2) is 0 Å². The topological polar surface area (TPSA) is 89.4 Å². The second kappa shape index (κ2) is 5.77. The second-order valence-corrected chi connectivity index (χ2v) is 2.66. The van der Waals surface area contributed by atoms with Crippen molar-refractivity contribution < 1.29 is 33.8 Å². The third-order valence-corrected chi connectivity index (χ3v) is 0. The van der Waals surface area contributed by atoms with Gasteiger partial charge in [0, 0.05) is 3.44 Å². The molecule has 0 atom stereocenters. The van der Waals surface area contributed by atoms with Crippen LogP contribution < -0.4 is 30.4 Å². The van der Waals surface area contributed by atoms with Crippen LogP contribution in [0.25, 0.3) is 0 Å². The first-order valence-electron chi connectivity index (χ1n) is 0.632. The van der Waals surface area contributed by atoms with E-state index in [0.717, 1.165) is 0 Å². The van der Waals surface area contributed by atoms with Gasteiger partial charge in [0.25, 0.3) is 0 Å². The minimum absolute atomic E-state index is 0. The molecule has 4 nitrogen and oxygen atoms in total. The smallest absolute Gasteiger partial charge is 0.256 e. The molecule has 1 N–H and O–H groups in total. The Labute approximate surface area is 71.1 Å². The molecule has 0 amide bonds. The van der Waals surface area contributed by atoms with Gasteiger partial charge < -0.3 is 0 Å². The van der Waals surface area contributed by atoms with Gasteiger partial charge in [0.05, 0.1) is 8.41 Å². The molecule has 0 spiro atoms. The Bertz CT molecular complexity index is 27.2. The molecule has 7 heavy (non-hydrogen) atoms. The predicted molar refractivity (Wildman–Crippen MR) is 19.3 cm³/mol. The first-order valence-corrected chi connectivity index (χ1v) is 4.24. The molecule has 0 heterocycles. The first kappa shape index (κ1) is 15.9. The summed E-state index contributed by atoms with van der Waals surface area (Å²) in [6.45, 7) is 0. The van der Waals surface area contributed by atoms with Crippen LogP contribution in [0.15, 0.2) is 0 Å². The molecule has 40 valence electrons. The molecular formula is H5BINaO4. The first-order chi connectivity index (χ1) is 2.00. The van der Waals surface area contributed by atoms with Crippen molar-refractivity contribution in [1.82, 2.24) is 0 Å². The fourth-order valence-corrected chi connectivity index (χ4v) is 0. The fraction of sp³-hybridized carbons (Fsp3) is 0. The van der Waals surface area contributed by atoms with Gasteiger partial charge in [-0.2, -0.15) is 0 Å². The van der Waals surface area contributed by atoms with Gasteiger partial charge in [-0.1, -0.05) is 0 Å². The van der Waals surface area contributed by atoms with Crippen molar-refractivity contribution in [2.75, 3.05) is 0 Å². The summed E-state index contributed by atoms with van der Waals surface area (Å²) in [4.78, 5) is 0. The van der Waals surface area contributed by atoms with Crippen LogP contribution in [0, 0.1) is 0 Å². The predicted octanol–water partition coefficient (Wildman–Crippen LogP) is -8.95. The zero-order valence-corrected chi connectivity index (χ0v) is 4.21. The summed E-state index contributed by atoms with van der Waals surface area (Å²) in [5.74, 6) is 0. The monoisotopic (exact) mass is 230 g/mol. The molecule has 7 heteroatoms. The van der Waals surface area contributed by atoms with E-state index in [4.69, 9.17) is 13.7 Å². The van der Waals surface area contributed by atoms with Crippen molar-refractivity contribution in [3.05, 3.63) is 0 Å². The summed E-state index contributed by atoms with van der Waals surface area (Å²) < 4.78 is 33.2. The maximum atomic E-state index is 8.73. The van der Waals surface area contributed by atoms with E-state index < -0.39 is 20.1 Å². The van der Waals surface area contributed by atoms with E-state index in [2.05, 4.69) is 0 Å². The molecule has 0 aliphatic heterocycles. The third-order valence-electron chi connectivity index (χ3n) is 0. The Morgan fingerprint density at radius 3 is 1.14 bits per heavy atom. The van der Waals surface area contributed by atoms with Crippen molar-refractivity contribution in [3.8, 4) is 0 Å². The summed E-state index contributed by atoms with van der Waals surface area (Å²) >= 11 is -5.69. The van der Waals surface area contributed by atoms with Gasteiger partial charge in [-0.3, -0.25) is 10.3 Å². The van der Waals surface area contributed by atoms with E-state index in [-0.39, 0.29) is 38.0 Å². The van der Waals surface area contributed by atoms with E-state index in [1.54, 1.807) is 0 Å². The molecule has 0 aromatic rings. The molecule has 0 bridgehead atoms. The Morgan fingerprint density at radius 2 is 1.14 bits per heavy atom. The summed E-state index contributed by atoms with van der Waals surface area (Å²) in [6.07, 6.45) is 0. The largest absolute Gasteiger partial charge is 0.368 e. The molecule has 0 saturated heterocycles. The van der Waals surface area contributed by atoms with E-state index in [9.17, 15) is 0 Å². The van der Waals surface area contributed by atoms with Gasteiger partial charge in [-0.15, -0.1) is 0 Å². The summed E-state index contributed by atoms with van der Waals surface area (Å²) in [5.41, 5.74) is 0. The van der Waals surface area contributed by atoms with Crippen LogP contribution >= 0.6 is 0 Å². The van der Waals surface area contributed by atoms with Crippen molar-refractivity contribution in [3.63, 3.8) is 0 Å². The number of hydrogen-bond donors (Lipinski definition) is 1. The fourth-order valence-electron chi connectivity index (χ4n) is 0. The molecule has 0 unspecified atom stereocenters. The third kappa shape index (κ3) is 90.7. The van der Waals surface area contributed by atoms with Crippen molar-refractivity contribution in [2.45, 2.75) is 0 Å². The van der Waals surface area contributed by atoms with E-state index in [0.29, 0.717) is 0 Å². The van der Waals surface area contributed by atoms with E-state index in [1.807, 2.05) is 0 Å². The molecule has 0 aliphatic rings. The maximum Gasteiger partial charge on any atom is 0.368 e. The zero-order valence-electron chi connectivity index (χ0n) is 2.05. The number of hydrogen-bond acceptors (Lipinski definition) is 4. The Hall–Kier alpha value is 1.63. The molecule has 0 fully saturated rings. The molecule has 0 aromatic heterocycles. The van der Waals surface area contributed by atoms with Gasteiger partial charge in [0.2, 0.25) is 0 Å². The summed E-state index contributed by atoms with van der Waals surface area (Å²) in [7, 11) is 0. The molecule has 0 aliphatic carbocycles. The van der Waals surface area contributed by atoms with Gasteiger partial charge in [-0.05, 0) is 0 Å². The van der Waals surface area contributed by atoms with Crippen LogP contribution in [0.2, 0.25) is 0 Å². The van der Waals surface area contributed by atoms with Crippen LogP contribution in [0.5, 0.6) is 0 Å². The van der Waals surface area contributed by atoms with Gasteiger partial charge in [0.1, 0.15) is 0 Å². The minimum Gasteiger partial charge on any atom is -0.256 e. The van der Waals surface area contributed by atoms with E-state index in [1.165, 1.54) is 0 Å². The minimum atomic E-state index is -5.69. The van der Waals surface area contributed by atoms with Crippen molar-refractivity contribution >= 4 is 38.0 Å². The molecule has 0 rings (SSSR count). The Balaban J connectivity index is -0.0000000800. The van der Waals surface area contributed by atoms with E-state index >= 15 is 0 Å². The van der Waals surface area contributed by atoms with Gasteiger partial charge in [0.15, 0.2) is 0 Å². The summed E-state index contributed by atoms with van der Waals surface area (Å²) in [5, 5.41) is 0. The zero-order chi connectivity index (χ0) is 4.50. The van der Waals surface area contributed by atoms with Crippen molar-refractivity contribution in [1.29, 1.82) is 0 Å². The quantitative estimate of drug-likeness (QED) is 0.330. The number of halogens is 1. The molecule has 0 radical (unpaired) electrons. The average molecular weight is 230 g/mol. The van der Waals surface area contributed by atoms with Crippen LogP contribution in [0.1, 0.15) is 0 Å². The number of rotatable bonds is 0. The van der Waals surface area contributed by atoms with Crippen molar-refractivity contribution in [2.24, 2.45) is 0 Å². The molecular weight excluding hydrogens is 225 g/mol. The Morgan fingerprint density at radius 1 is 1.14 bits per heavy atom. The summed E-state index contributed by atoms with van der Waals surface area (Å²) in [6, 6.07) is 0. The van der Waals surface area contributed by atoms with Crippen LogP contribution in [0.3, 0.4) is 0 Å². The molecule has 0 saturated carbocycles. The SMILES string of the molecule is B.[NaH].[O-][I+3]([O-])([O-])O. The van der Waals surface area contributed by atoms with Gasteiger partial charge >= 0.3 is 49.7 Å². The normalized spacial score (nSPS) is 8.57.